The summed E-state index contributed by atoms with van der Waals surface area (Å²) >= 11 is 6.00. The first-order valence-corrected chi connectivity index (χ1v) is 8.85. The Morgan fingerprint density at radius 2 is 1.45 bits per heavy atom. The van der Waals surface area contributed by atoms with Crippen LogP contribution in [0.2, 0.25) is 5.02 Å². The molecule has 0 bridgehead atoms. The van der Waals surface area contributed by atoms with E-state index in [1.165, 1.54) is 6.07 Å². The molecule has 0 atom stereocenters. The zero-order chi connectivity index (χ0) is 22.9. The smallest absolute Gasteiger partial charge is 0.423 e. The van der Waals surface area contributed by atoms with Gasteiger partial charge in [-0.25, -0.2) is 18.0 Å². The standard InChI is InChI=1S/C21H11ClF6O3/c1-10-2-4-11(5-3-10)12-6-14(22)18(15(23)7-12)20(29)30-13-8-16(24)19(17(25)9-13)31-21(26,27)28/h2-9H,1H3. The van der Waals surface area contributed by atoms with Crippen LogP contribution in [-0.2, 0) is 0 Å². The van der Waals surface area contributed by atoms with Crippen LogP contribution in [0.1, 0.15) is 15.9 Å². The number of carbonyl (C=O) groups is 1. The fraction of sp³-hybridized carbons (Fsp3) is 0.0952. The first kappa shape index (κ1) is 22.5. The minimum absolute atomic E-state index is 0.286. The Morgan fingerprint density at radius 3 is 1.97 bits per heavy atom. The number of carbonyl (C=O) groups excluding carboxylic acids is 1. The summed E-state index contributed by atoms with van der Waals surface area (Å²) in [6, 6.07) is 9.91. The third kappa shape index (κ3) is 5.29. The van der Waals surface area contributed by atoms with Crippen molar-refractivity contribution in [1.82, 2.24) is 0 Å². The number of halogens is 7. The van der Waals surface area contributed by atoms with Gasteiger partial charge in [0.2, 0.25) is 5.75 Å². The second-order valence-electron chi connectivity index (χ2n) is 6.33. The molecule has 3 rings (SSSR count). The van der Waals surface area contributed by atoms with Crippen LogP contribution in [0.4, 0.5) is 26.3 Å². The number of hydrogen-bond acceptors (Lipinski definition) is 3. The summed E-state index contributed by atoms with van der Waals surface area (Å²) in [5.74, 6) is -8.55. The van der Waals surface area contributed by atoms with E-state index in [4.69, 9.17) is 16.3 Å². The van der Waals surface area contributed by atoms with E-state index in [-0.39, 0.29) is 17.2 Å². The Bertz CT molecular complexity index is 1100. The first-order valence-electron chi connectivity index (χ1n) is 8.47. The third-order valence-corrected chi connectivity index (χ3v) is 4.33. The number of rotatable bonds is 4. The maximum Gasteiger partial charge on any atom is 0.573 e. The highest BCUT2D eigenvalue weighted by Gasteiger charge is 2.34. The molecule has 0 N–H and O–H groups in total. The van der Waals surface area contributed by atoms with Crippen LogP contribution in [0, 0.1) is 24.4 Å². The van der Waals surface area contributed by atoms with Gasteiger partial charge in [0.15, 0.2) is 11.6 Å². The number of benzene rings is 3. The lowest BCUT2D eigenvalue weighted by molar-refractivity contribution is -0.276. The van der Waals surface area contributed by atoms with Gasteiger partial charge in [-0.3, -0.25) is 0 Å². The number of hydrogen-bond donors (Lipinski definition) is 0. The van der Waals surface area contributed by atoms with E-state index in [0.717, 1.165) is 11.6 Å². The summed E-state index contributed by atoms with van der Waals surface area (Å²) in [5.41, 5.74) is 1.25. The van der Waals surface area contributed by atoms with Crippen molar-refractivity contribution in [2.24, 2.45) is 0 Å². The highest BCUT2D eigenvalue weighted by molar-refractivity contribution is 6.34. The van der Waals surface area contributed by atoms with E-state index in [0.29, 0.717) is 11.1 Å². The van der Waals surface area contributed by atoms with Crippen LogP contribution in [0.25, 0.3) is 11.1 Å². The van der Waals surface area contributed by atoms with Gasteiger partial charge < -0.3 is 9.47 Å². The van der Waals surface area contributed by atoms with Crippen molar-refractivity contribution in [2.45, 2.75) is 13.3 Å². The molecule has 0 amide bonds. The third-order valence-electron chi connectivity index (χ3n) is 4.03. The highest BCUT2D eigenvalue weighted by Crippen LogP contribution is 2.33. The van der Waals surface area contributed by atoms with Gasteiger partial charge in [-0.2, -0.15) is 0 Å². The summed E-state index contributed by atoms with van der Waals surface area (Å²) in [5, 5.41) is -0.335. The van der Waals surface area contributed by atoms with Crippen LogP contribution in [0.3, 0.4) is 0 Å². The van der Waals surface area contributed by atoms with Crippen LogP contribution >= 0.6 is 11.6 Å². The molecule has 162 valence electrons. The summed E-state index contributed by atoms with van der Waals surface area (Å²) < 4.78 is 86.6. The van der Waals surface area contributed by atoms with Crippen molar-refractivity contribution in [3.63, 3.8) is 0 Å². The lowest BCUT2D eigenvalue weighted by atomic mass is 10.0. The number of ether oxygens (including phenoxy) is 2. The normalized spacial score (nSPS) is 11.4. The summed E-state index contributed by atoms with van der Waals surface area (Å²) in [7, 11) is 0. The maximum atomic E-state index is 14.6. The summed E-state index contributed by atoms with van der Waals surface area (Å²) in [6.45, 7) is 1.86. The Labute approximate surface area is 176 Å². The molecule has 3 nitrogen and oxygen atoms in total. The molecule has 0 aliphatic rings. The molecular weight excluding hydrogens is 450 g/mol. The average Bonchev–Trinajstić information content (AvgIpc) is 2.64. The molecule has 0 aliphatic heterocycles. The first-order chi connectivity index (χ1) is 14.4. The van der Waals surface area contributed by atoms with Crippen LogP contribution < -0.4 is 9.47 Å². The van der Waals surface area contributed by atoms with Gasteiger partial charge in [0.25, 0.3) is 0 Å². The number of esters is 1. The lowest BCUT2D eigenvalue weighted by Crippen LogP contribution is -2.19. The van der Waals surface area contributed by atoms with E-state index in [2.05, 4.69) is 4.74 Å². The lowest BCUT2D eigenvalue weighted by Gasteiger charge is -2.13. The van der Waals surface area contributed by atoms with Gasteiger partial charge >= 0.3 is 12.3 Å². The monoisotopic (exact) mass is 460 g/mol. The summed E-state index contributed by atoms with van der Waals surface area (Å²) in [4.78, 5) is 12.3. The van der Waals surface area contributed by atoms with E-state index in [1.807, 2.05) is 6.92 Å². The fourth-order valence-electron chi connectivity index (χ4n) is 2.65. The Morgan fingerprint density at radius 1 is 0.871 bits per heavy atom. The van der Waals surface area contributed by atoms with Crippen molar-refractivity contribution in [2.75, 3.05) is 0 Å². The molecule has 0 spiro atoms. The molecule has 31 heavy (non-hydrogen) atoms. The van der Waals surface area contributed by atoms with E-state index < -0.39 is 46.8 Å². The van der Waals surface area contributed by atoms with Crippen molar-refractivity contribution in [3.8, 4) is 22.6 Å². The van der Waals surface area contributed by atoms with Crippen LogP contribution in [-0.4, -0.2) is 12.3 Å². The molecule has 3 aromatic carbocycles. The minimum Gasteiger partial charge on any atom is -0.423 e. The molecule has 0 aromatic heterocycles. The fourth-order valence-corrected chi connectivity index (χ4v) is 2.93. The van der Waals surface area contributed by atoms with Gasteiger partial charge in [-0.1, -0.05) is 41.4 Å². The zero-order valence-electron chi connectivity index (χ0n) is 15.5. The molecular formula is C21H11ClF6O3. The molecule has 0 heterocycles. The predicted molar refractivity (Wildman–Crippen MR) is 99.6 cm³/mol. The van der Waals surface area contributed by atoms with E-state index >= 15 is 0 Å². The Hall–Kier alpha value is -3.20. The van der Waals surface area contributed by atoms with Crippen molar-refractivity contribution in [1.29, 1.82) is 0 Å². The largest absolute Gasteiger partial charge is 0.573 e. The van der Waals surface area contributed by atoms with Gasteiger partial charge in [0, 0.05) is 12.1 Å². The van der Waals surface area contributed by atoms with Crippen LogP contribution in [0.5, 0.6) is 11.5 Å². The molecule has 0 fully saturated rings. The number of aryl methyl sites for hydroxylation is 1. The Balaban J connectivity index is 1.87. The zero-order valence-corrected chi connectivity index (χ0v) is 16.2. The molecule has 10 heteroatoms. The topological polar surface area (TPSA) is 35.5 Å². The molecule has 0 aliphatic carbocycles. The quantitative estimate of drug-likeness (QED) is 0.243. The van der Waals surface area contributed by atoms with Crippen molar-refractivity contribution >= 4 is 17.6 Å². The van der Waals surface area contributed by atoms with Gasteiger partial charge in [-0.05, 0) is 30.2 Å². The van der Waals surface area contributed by atoms with Gasteiger partial charge in [0.1, 0.15) is 17.1 Å². The molecule has 3 aromatic rings. The maximum absolute atomic E-state index is 14.6. The minimum atomic E-state index is -5.34. The van der Waals surface area contributed by atoms with Crippen molar-refractivity contribution < 1.29 is 40.6 Å². The van der Waals surface area contributed by atoms with Gasteiger partial charge in [-0.15, -0.1) is 13.2 Å². The molecule has 0 unspecified atom stereocenters. The van der Waals surface area contributed by atoms with E-state index in [1.54, 1.807) is 24.3 Å². The Kier molecular flexibility index (Phi) is 6.17. The second kappa shape index (κ2) is 8.50. The molecule has 0 radical (unpaired) electrons. The van der Waals surface area contributed by atoms with Gasteiger partial charge in [0.05, 0.1) is 5.02 Å². The predicted octanol–water partition coefficient (Wildman–Crippen LogP) is 6.85. The second-order valence-corrected chi connectivity index (χ2v) is 6.74. The molecule has 0 saturated heterocycles. The highest BCUT2D eigenvalue weighted by atomic mass is 35.5. The van der Waals surface area contributed by atoms with E-state index in [9.17, 15) is 31.1 Å². The summed E-state index contributed by atoms with van der Waals surface area (Å²) in [6.07, 6.45) is -5.34. The molecule has 0 saturated carbocycles. The van der Waals surface area contributed by atoms with Crippen LogP contribution in [0.15, 0.2) is 48.5 Å². The average molecular weight is 461 g/mol. The number of alkyl halides is 3. The van der Waals surface area contributed by atoms with Crippen molar-refractivity contribution in [3.05, 3.63) is 82.1 Å². The SMILES string of the molecule is Cc1ccc(-c2cc(F)c(C(=O)Oc3cc(F)c(OC(F)(F)F)c(F)c3)c(Cl)c2)cc1.